The van der Waals surface area contributed by atoms with E-state index in [0.717, 1.165) is 12.2 Å². The number of aromatic nitrogens is 1. The molecule has 2 heterocycles. The van der Waals surface area contributed by atoms with E-state index in [-0.39, 0.29) is 5.91 Å². The third-order valence-corrected chi connectivity index (χ3v) is 4.42. The van der Waals surface area contributed by atoms with Crippen LogP contribution in [0.5, 0.6) is 0 Å². The SMILES string of the molecule is CC(C)N(Cc1ccccc1)c1cncc(C(=O)N2CCOCC2)c1. The Balaban J connectivity index is 1.81. The van der Waals surface area contributed by atoms with E-state index in [1.807, 2.05) is 35.4 Å². The monoisotopic (exact) mass is 339 g/mol. The van der Waals surface area contributed by atoms with Crippen molar-refractivity contribution in [2.75, 3.05) is 31.2 Å². The summed E-state index contributed by atoms with van der Waals surface area (Å²) >= 11 is 0. The Labute approximate surface area is 149 Å². The number of amides is 1. The second-order valence-corrected chi connectivity index (χ2v) is 6.54. The van der Waals surface area contributed by atoms with Gasteiger partial charge in [0.1, 0.15) is 0 Å². The van der Waals surface area contributed by atoms with Crippen LogP contribution in [0.1, 0.15) is 29.8 Å². The zero-order chi connectivity index (χ0) is 17.6. The van der Waals surface area contributed by atoms with Gasteiger partial charge in [-0.2, -0.15) is 0 Å². The number of benzene rings is 1. The topological polar surface area (TPSA) is 45.7 Å². The summed E-state index contributed by atoms with van der Waals surface area (Å²) in [6.45, 7) is 7.58. The van der Waals surface area contributed by atoms with E-state index < -0.39 is 0 Å². The van der Waals surface area contributed by atoms with E-state index in [4.69, 9.17) is 4.74 Å². The van der Waals surface area contributed by atoms with Gasteiger partial charge in [-0.1, -0.05) is 30.3 Å². The molecular weight excluding hydrogens is 314 g/mol. The highest BCUT2D eigenvalue weighted by molar-refractivity contribution is 5.94. The third kappa shape index (κ3) is 4.37. The summed E-state index contributed by atoms with van der Waals surface area (Å²) in [5, 5.41) is 0. The zero-order valence-electron chi connectivity index (χ0n) is 14.9. The Kier molecular flexibility index (Phi) is 5.66. The van der Waals surface area contributed by atoms with Gasteiger partial charge >= 0.3 is 0 Å². The standard InChI is InChI=1S/C20H25N3O2/c1-16(2)23(15-17-6-4-3-5-7-17)19-12-18(13-21-14-19)20(24)22-8-10-25-11-9-22/h3-7,12-14,16H,8-11,15H2,1-2H3. The summed E-state index contributed by atoms with van der Waals surface area (Å²) in [6, 6.07) is 12.6. The van der Waals surface area contributed by atoms with Gasteiger partial charge in [-0.3, -0.25) is 9.78 Å². The first-order valence-corrected chi connectivity index (χ1v) is 8.78. The van der Waals surface area contributed by atoms with Crippen molar-refractivity contribution < 1.29 is 9.53 Å². The number of carbonyl (C=O) groups excluding carboxylic acids is 1. The molecule has 5 heteroatoms. The number of nitrogens with zero attached hydrogens (tertiary/aromatic N) is 3. The quantitative estimate of drug-likeness (QED) is 0.840. The number of rotatable bonds is 5. The number of carbonyl (C=O) groups is 1. The number of morpholine rings is 1. The normalized spacial score (nSPS) is 14.6. The average Bonchev–Trinajstić information content (AvgIpc) is 2.67. The Bertz CT molecular complexity index is 697. The lowest BCUT2D eigenvalue weighted by Crippen LogP contribution is -2.40. The highest BCUT2D eigenvalue weighted by atomic mass is 16.5. The van der Waals surface area contributed by atoms with Gasteiger partial charge in [0.15, 0.2) is 0 Å². The van der Waals surface area contributed by atoms with Crippen LogP contribution in [0.15, 0.2) is 48.8 Å². The van der Waals surface area contributed by atoms with Crippen molar-refractivity contribution in [1.29, 1.82) is 0 Å². The first-order chi connectivity index (χ1) is 12.1. The van der Waals surface area contributed by atoms with Gasteiger partial charge in [0.2, 0.25) is 0 Å². The first kappa shape index (κ1) is 17.4. The molecule has 0 atom stereocenters. The molecule has 1 saturated heterocycles. The largest absolute Gasteiger partial charge is 0.378 e. The van der Waals surface area contributed by atoms with Gasteiger partial charge in [0.05, 0.1) is 30.7 Å². The molecule has 0 saturated carbocycles. The minimum absolute atomic E-state index is 0.0288. The van der Waals surface area contributed by atoms with Crippen molar-refractivity contribution >= 4 is 11.6 Å². The van der Waals surface area contributed by atoms with Gasteiger partial charge in [-0.15, -0.1) is 0 Å². The van der Waals surface area contributed by atoms with Crippen LogP contribution in [0.25, 0.3) is 0 Å². The highest BCUT2D eigenvalue weighted by Gasteiger charge is 2.20. The maximum Gasteiger partial charge on any atom is 0.255 e. The van der Waals surface area contributed by atoms with Gasteiger partial charge in [0.25, 0.3) is 5.91 Å². The zero-order valence-corrected chi connectivity index (χ0v) is 14.9. The predicted molar refractivity (Wildman–Crippen MR) is 98.7 cm³/mol. The summed E-state index contributed by atoms with van der Waals surface area (Å²) in [7, 11) is 0. The molecule has 132 valence electrons. The number of pyridine rings is 1. The van der Waals surface area contributed by atoms with Crippen molar-refractivity contribution in [3.05, 3.63) is 59.9 Å². The van der Waals surface area contributed by atoms with Gasteiger partial charge < -0.3 is 14.5 Å². The van der Waals surface area contributed by atoms with Crippen molar-refractivity contribution in [3.63, 3.8) is 0 Å². The van der Waals surface area contributed by atoms with E-state index >= 15 is 0 Å². The molecule has 0 unspecified atom stereocenters. The van der Waals surface area contributed by atoms with Gasteiger partial charge in [-0.05, 0) is 25.5 Å². The molecule has 3 rings (SSSR count). The van der Waals surface area contributed by atoms with Crippen LogP contribution in [0.3, 0.4) is 0 Å². The minimum Gasteiger partial charge on any atom is -0.378 e. The van der Waals surface area contributed by atoms with Crippen molar-refractivity contribution in [2.45, 2.75) is 26.4 Å². The van der Waals surface area contributed by atoms with Crippen LogP contribution >= 0.6 is 0 Å². The molecule has 0 bridgehead atoms. The lowest BCUT2D eigenvalue weighted by molar-refractivity contribution is 0.0302. The van der Waals surface area contributed by atoms with E-state index in [0.29, 0.717) is 37.9 Å². The van der Waals surface area contributed by atoms with E-state index in [1.54, 1.807) is 6.20 Å². The highest BCUT2D eigenvalue weighted by Crippen LogP contribution is 2.21. The smallest absolute Gasteiger partial charge is 0.255 e. The molecule has 1 aliphatic rings. The van der Waals surface area contributed by atoms with Crippen molar-refractivity contribution in [1.82, 2.24) is 9.88 Å². The molecule has 1 fully saturated rings. The summed E-state index contributed by atoms with van der Waals surface area (Å²) < 4.78 is 5.33. The second-order valence-electron chi connectivity index (χ2n) is 6.54. The lowest BCUT2D eigenvalue weighted by atomic mass is 10.1. The molecular formula is C20H25N3O2. The van der Waals surface area contributed by atoms with Crippen LogP contribution < -0.4 is 4.90 Å². The Morgan fingerprint density at radius 3 is 2.60 bits per heavy atom. The summed E-state index contributed by atoms with van der Waals surface area (Å²) in [6.07, 6.45) is 3.49. The molecule has 0 N–H and O–H groups in total. The number of hydrogen-bond donors (Lipinski definition) is 0. The van der Waals surface area contributed by atoms with Crippen LogP contribution in [0.4, 0.5) is 5.69 Å². The third-order valence-electron chi connectivity index (χ3n) is 4.42. The fourth-order valence-electron chi connectivity index (χ4n) is 3.00. The average molecular weight is 339 g/mol. The van der Waals surface area contributed by atoms with Crippen LogP contribution in [0, 0.1) is 0 Å². The molecule has 1 aliphatic heterocycles. The molecule has 2 aromatic rings. The molecule has 1 aromatic carbocycles. The molecule has 0 spiro atoms. The Morgan fingerprint density at radius 2 is 1.92 bits per heavy atom. The first-order valence-electron chi connectivity index (χ1n) is 8.78. The Morgan fingerprint density at radius 1 is 1.20 bits per heavy atom. The maximum absolute atomic E-state index is 12.7. The van der Waals surface area contributed by atoms with Crippen LogP contribution in [0.2, 0.25) is 0 Å². The Hall–Kier alpha value is -2.40. The van der Waals surface area contributed by atoms with E-state index in [2.05, 4.69) is 35.9 Å². The molecule has 25 heavy (non-hydrogen) atoms. The van der Waals surface area contributed by atoms with E-state index in [9.17, 15) is 4.79 Å². The molecule has 1 aromatic heterocycles. The number of anilines is 1. The minimum atomic E-state index is 0.0288. The van der Waals surface area contributed by atoms with Gasteiger partial charge in [-0.25, -0.2) is 0 Å². The van der Waals surface area contributed by atoms with Crippen LogP contribution in [-0.2, 0) is 11.3 Å². The molecule has 0 radical (unpaired) electrons. The van der Waals surface area contributed by atoms with Crippen molar-refractivity contribution in [3.8, 4) is 0 Å². The molecule has 0 aliphatic carbocycles. The second kappa shape index (κ2) is 8.12. The van der Waals surface area contributed by atoms with Crippen molar-refractivity contribution in [2.24, 2.45) is 0 Å². The lowest BCUT2D eigenvalue weighted by Gasteiger charge is -2.30. The van der Waals surface area contributed by atoms with Crippen LogP contribution in [-0.4, -0.2) is 48.1 Å². The molecule has 1 amide bonds. The number of hydrogen-bond acceptors (Lipinski definition) is 4. The fraction of sp³-hybridized carbons (Fsp3) is 0.400. The van der Waals surface area contributed by atoms with E-state index in [1.165, 1.54) is 5.56 Å². The number of ether oxygens (including phenoxy) is 1. The van der Waals surface area contributed by atoms with Gasteiger partial charge in [0, 0.05) is 31.9 Å². The summed E-state index contributed by atoms with van der Waals surface area (Å²) in [5.74, 6) is 0.0288. The fourth-order valence-corrected chi connectivity index (χ4v) is 3.00. The summed E-state index contributed by atoms with van der Waals surface area (Å²) in [4.78, 5) is 21.1. The summed E-state index contributed by atoms with van der Waals surface area (Å²) in [5.41, 5.74) is 2.84. The maximum atomic E-state index is 12.7. The predicted octanol–water partition coefficient (Wildman–Crippen LogP) is 2.97. The molecule has 5 nitrogen and oxygen atoms in total.